The van der Waals surface area contributed by atoms with Gasteiger partial charge >= 0.3 is 0 Å². The molecule has 0 aliphatic heterocycles. The Hall–Kier alpha value is -2.48. The van der Waals surface area contributed by atoms with Crippen LogP contribution in [0, 0.1) is 11.3 Å². The molecule has 2 aromatic heterocycles. The molecule has 1 amide bonds. The predicted octanol–water partition coefficient (Wildman–Crippen LogP) is 3.07. The van der Waals surface area contributed by atoms with E-state index in [0.29, 0.717) is 22.4 Å². The summed E-state index contributed by atoms with van der Waals surface area (Å²) < 4.78 is 1.39. The van der Waals surface area contributed by atoms with Gasteiger partial charge in [0.1, 0.15) is 0 Å². The van der Waals surface area contributed by atoms with Crippen LogP contribution in [0.5, 0.6) is 0 Å². The number of anilines is 1. The van der Waals surface area contributed by atoms with Crippen molar-refractivity contribution < 1.29 is 4.79 Å². The van der Waals surface area contributed by atoms with Gasteiger partial charge in [-0.1, -0.05) is 30.0 Å². The van der Waals surface area contributed by atoms with Crippen LogP contribution in [0.1, 0.15) is 0 Å². The van der Waals surface area contributed by atoms with Gasteiger partial charge in [0, 0.05) is 4.90 Å². The van der Waals surface area contributed by atoms with E-state index < -0.39 is 0 Å². The first-order valence-corrected chi connectivity index (χ1v) is 10.3. The molecule has 26 heavy (non-hydrogen) atoms. The highest BCUT2D eigenvalue weighted by Gasteiger charge is 2.15. The second-order valence-electron chi connectivity index (χ2n) is 4.93. The zero-order valence-electron chi connectivity index (χ0n) is 13.5. The number of rotatable bonds is 7. The van der Waals surface area contributed by atoms with Gasteiger partial charge in [0.2, 0.25) is 11.1 Å². The second-order valence-corrected chi connectivity index (χ2v) is 7.84. The van der Waals surface area contributed by atoms with Crippen molar-refractivity contribution in [3.63, 3.8) is 0 Å². The van der Waals surface area contributed by atoms with Crippen molar-refractivity contribution in [2.45, 2.75) is 10.1 Å². The van der Waals surface area contributed by atoms with E-state index in [2.05, 4.69) is 21.6 Å². The Morgan fingerprint density at radius 2 is 2.12 bits per heavy atom. The Morgan fingerprint density at radius 1 is 1.27 bits per heavy atom. The lowest BCUT2D eigenvalue weighted by atomic mass is 10.3. The average Bonchev–Trinajstić information content (AvgIpc) is 3.29. The number of carbonyl (C=O) groups is 1. The zero-order valence-corrected chi connectivity index (χ0v) is 15.9. The smallest absolute Gasteiger partial charge is 0.234 e. The molecule has 10 heteroatoms. The van der Waals surface area contributed by atoms with Gasteiger partial charge in [-0.05, 0) is 23.6 Å². The first-order valence-electron chi connectivity index (χ1n) is 7.45. The van der Waals surface area contributed by atoms with Crippen molar-refractivity contribution in [3.05, 3.63) is 41.8 Å². The third kappa shape index (κ3) is 4.37. The summed E-state index contributed by atoms with van der Waals surface area (Å²) >= 11 is 4.11. The predicted molar refractivity (Wildman–Crippen MR) is 106 cm³/mol. The average molecular weight is 403 g/mol. The van der Waals surface area contributed by atoms with Gasteiger partial charge < -0.3 is 11.2 Å². The summed E-state index contributed by atoms with van der Waals surface area (Å²) in [5.74, 6) is 6.89. The van der Waals surface area contributed by atoms with E-state index in [1.165, 1.54) is 39.5 Å². The Balaban J connectivity index is 1.61. The first-order chi connectivity index (χ1) is 12.7. The number of nitrogens with two attached hydrogens (primary N) is 1. The molecule has 2 heterocycles. The Kier molecular flexibility index (Phi) is 6.17. The molecule has 0 aliphatic rings. The third-order valence-corrected chi connectivity index (χ3v) is 5.94. The molecular weight excluding hydrogens is 388 g/mol. The molecule has 0 bridgehead atoms. The number of amides is 1. The number of nitrogens with zero attached hydrogens (tertiary/aromatic N) is 4. The lowest BCUT2D eigenvalue weighted by Gasteiger charge is -2.09. The Labute approximate surface area is 162 Å². The zero-order chi connectivity index (χ0) is 18.4. The van der Waals surface area contributed by atoms with Crippen LogP contribution in [0.3, 0.4) is 0 Å². The van der Waals surface area contributed by atoms with E-state index in [1.807, 2.05) is 41.8 Å². The number of para-hydroxylation sites is 1. The molecule has 0 fully saturated rings. The summed E-state index contributed by atoms with van der Waals surface area (Å²) in [6, 6.07) is 13.3. The van der Waals surface area contributed by atoms with Crippen molar-refractivity contribution in [2.24, 2.45) is 0 Å². The second kappa shape index (κ2) is 8.75. The number of aromatic nitrogens is 3. The monoisotopic (exact) mass is 402 g/mol. The van der Waals surface area contributed by atoms with E-state index >= 15 is 0 Å². The number of hydrogen-bond acceptors (Lipinski definition) is 8. The number of benzene rings is 1. The van der Waals surface area contributed by atoms with Crippen molar-refractivity contribution >= 4 is 46.5 Å². The van der Waals surface area contributed by atoms with Crippen molar-refractivity contribution in [1.29, 1.82) is 5.26 Å². The molecular formula is C16H14N6OS3. The maximum Gasteiger partial charge on any atom is 0.234 e. The van der Waals surface area contributed by atoms with Crippen LogP contribution < -0.4 is 11.2 Å². The van der Waals surface area contributed by atoms with Crippen LogP contribution in [0.15, 0.2) is 51.8 Å². The number of nitriles is 1. The summed E-state index contributed by atoms with van der Waals surface area (Å²) in [6.07, 6.45) is 0. The number of hydrogen-bond donors (Lipinski definition) is 2. The van der Waals surface area contributed by atoms with E-state index in [4.69, 9.17) is 11.1 Å². The van der Waals surface area contributed by atoms with Crippen LogP contribution in [0.25, 0.3) is 10.7 Å². The minimum atomic E-state index is -0.180. The molecule has 3 rings (SSSR count). The maximum absolute atomic E-state index is 12.3. The third-order valence-electron chi connectivity index (χ3n) is 3.19. The van der Waals surface area contributed by atoms with Crippen LogP contribution in [0.2, 0.25) is 0 Å². The van der Waals surface area contributed by atoms with Gasteiger partial charge in [-0.15, -0.1) is 33.3 Å². The summed E-state index contributed by atoms with van der Waals surface area (Å²) in [5, 5.41) is 22.1. The molecule has 7 nitrogen and oxygen atoms in total. The van der Waals surface area contributed by atoms with Gasteiger partial charge in [-0.3, -0.25) is 4.79 Å². The van der Waals surface area contributed by atoms with Crippen molar-refractivity contribution in [2.75, 3.05) is 22.7 Å². The number of nitrogens with one attached hydrogen (secondary N) is 1. The minimum Gasteiger partial charge on any atom is -0.335 e. The maximum atomic E-state index is 12.3. The number of thiophene rings is 1. The fourth-order valence-electron chi connectivity index (χ4n) is 2.07. The lowest BCUT2D eigenvalue weighted by Crippen LogP contribution is -2.16. The summed E-state index contributed by atoms with van der Waals surface area (Å²) in [5.41, 5.74) is 0.687. The van der Waals surface area contributed by atoms with E-state index in [9.17, 15) is 4.79 Å². The van der Waals surface area contributed by atoms with E-state index in [0.717, 1.165) is 9.77 Å². The van der Waals surface area contributed by atoms with E-state index in [-0.39, 0.29) is 11.7 Å². The molecule has 0 unspecified atom stereocenters. The molecule has 0 saturated carbocycles. The number of nitrogen functional groups attached to an aromatic ring is 1. The highest BCUT2D eigenvalue weighted by atomic mass is 32.2. The Bertz CT molecular complexity index is 932. The molecule has 0 saturated heterocycles. The van der Waals surface area contributed by atoms with Gasteiger partial charge in [0.05, 0.1) is 28.1 Å². The van der Waals surface area contributed by atoms with Crippen LogP contribution in [-0.4, -0.2) is 32.3 Å². The summed E-state index contributed by atoms with van der Waals surface area (Å²) in [4.78, 5) is 14.0. The fraction of sp³-hybridized carbons (Fsp3) is 0.125. The highest BCUT2D eigenvalue weighted by molar-refractivity contribution is 8.00. The first kappa shape index (κ1) is 18.3. The molecule has 0 spiro atoms. The standard InChI is InChI=1S/C16H14N6OS3/c17-7-9-25-12-5-2-1-4-11(12)19-14(23)10-26-16-21-20-15(22(16)18)13-6-3-8-24-13/h1-6,8H,9-10,18H2,(H,19,23). The fourth-order valence-corrected chi connectivity index (χ4v) is 4.10. The van der Waals surface area contributed by atoms with Gasteiger partial charge in [-0.2, -0.15) is 5.26 Å². The van der Waals surface area contributed by atoms with Gasteiger partial charge in [0.15, 0.2) is 5.82 Å². The molecule has 0 radical (unpaired) electrons. The molecule has 132 valence electrons. The lowest BCUT2D eigenvalue weighted by molar-refractivity contribution is -0.113. The van der Waals surface area contributed by atoms with Crippen molar-refractivity contribution in [1.82, 2.24) is 14.9 Å². The largest absolute Gasteiger partial charge is 0.335 e. The summed E-state index contributed by atoms with van der Waals surface area (Å²) in [7, 11) is 0. The topological polar surface area (TPSA) is 110 Å². The Morgan fingerprint density at radius 3 is 2.88 bits per heavy atom. The molecule has 3 N–H and O–H groups in total. The molecule has 0 aliphatic carbocycles. The highest BCUT2D eigenvalue weighted by Crippen LogP contribution is 2.28. The van der Waals surface area contributed by atoms with Crippen LogP contribution in [-0.2, 0) is 4.79 Å². The molecule has 0 atom stereocenters. The normalized spacial score (nSPS) is 10.4. The number of carbonyl (C=O) groups excluding carboxylic acids is 1. The number of thioether (sulfide) groups is 2. The molecule has 3 aromatic rings. The SMILES string of the molecule is N#CCSc1ccccc1NC(=O)CSc1nnc(-c2cccs2)n1N. The molecule has 1 aromatic carbocycles. The van der Waals surface area contributed by atoms with Gasteiger partial charge in [0.25, 0.3) is 0 Å². The summed E-state index contributed by atoms with van der Waals surface area (Å²) in [6.45, 7) is 0. The van der Waals surface area contributed by atoms with Gasteiger partial charge in [-0.25, -0.2) is 4.68 Å². The quantitative estimate of drug-likeness (QED) is 0.462. The van der Waals surface area contributed by atoms with Crippen LogP contribution in [0.4, 0.5) is 5.69 Å². The van der Waals surface area contributed by atoms with Crippen molar-refractivity contribution in [3.8, 4) is 16.8 Å². The van der Waals surface area contributed by atoms with E-state index in [1.54, 1.807) is 0 Å². The van der Waals surface area contributed by atoms with Crippen LogP contribution >= 0.6 is 34.9 Å². The minimum absolute atomic E-state index is 0.150.